The number of rotatable bonds is 3. The maximum Gasteiger partial charge on any atom is 0.255 e. The number of aromatic nitrogens is 2. The normalized spacial score (nSPS) is 17.5. The summed E-state index contributed by atoms with van der Waals surface area (Å²) in [6, 6.07) is 13.6. The quantitative estimate of drug-likeness (QED) is 0.697. The van der Waals surface area contributed by atoms with Crippen LogP contribution in [0.4, 0.5) is 5.69 Å². The minimum absolute atomic E-state index is 0.0683. The van der Waals surface area contributed by atoms with Crippen LogP contribution in [0, 0.1) is 0 Å². The smallest absolute Gasteiger partial charge is 0.255 e. The molecule has 1 aromatic heterocycles. The largest absolute Gasteiger partial charge is 0.321 e. The first-order valence-electron chi connectivity index (χ1n) is 7.86. The van der Waals surface area contributed by atoms with Gasteiger partial charge < -0.3 is 10.6 Å². The van der Waals surface area contributed by atoms with Crippen molar-refractivity contribution >= 4 is 22.5 Å². The second-order valence-corrected chi connectivity index (χ2v) is 5.87. The number of carbonyl (C=O) groups excluding carboxylic acids is 1. The number of carbonyl (C=O) groups is 1. The van der Waals surface area contributed by atoms with Gasteiger partial charge in [0.15, 0.2) is 0 Å². The Kier molecular flexibility index (Phi) is 3.55. The molecule has 3 aromatic rings. The highest BCUT2D eigenvalue weighted by Crippen LogP contribution is 2.27. The Morgan fingerprint density at radius 3 is 2.96 bits per heavy atom. The number of hydrogen-bond acceptors (Lipinski definition) is 3. The molecule has 4 rings (SSSR count). The molecule has 1 saturated heterocycles. The van der Waals surface area contributed by atoms with E-state index in [9.17, 15) is 4.79 Å². The summed E-state index contributed by atoms with van der Waals surface area (Å²) >= 11 is 0. The summed E-state index contributed by atoms with van der Waals surface area (Å²) in [5.41, 5.74) is 3.56. The monoisotopic (exact) mass is 306 g/mol. The molecule has 3 N–H and O–H groups in total. The highest BCUT2D eigenvalue weighted by Gasteiger charge is 2.22. The summed E-state index contributed by atoms with van der Waals surface area (Å²) < 4.78 is 0. The average molecular weight is 306 g/mol. The van der Waals surface area contributed by atoms with E-state index in [1.807, 2.05) is 36.4 Å². The maximum atomic E-state index is 12.8. The van der Waals surface area contributed by atoms with Gasteiger partial charge >= 0.3 is 0 Å². The van der Waals surface area contributed by atoms with Crippen molar-refractivity contribution in [2.45, 2.75) is 12.3 Å². The first kappa shape index (κ1) is 14.0. The predicted molar refractivity (Wildman–Crippen MR) is 90.7 cm³/mol. The maximum absolute atomic E-state index is 12.8. The molecule has 0 aliphatic carbocycles. The minimum atomic E-state index is -0.0683. The fourth-order valence-electron chi connectivity index (χ4n) is 3.25. The van der Waals surface area contributed by atoms with Gasteiger partial charge in [-0.1, -0.05) is 24.3 Å². The van der Waals surface area contributed by atoms with Crippen molar-refractivity contribution in [2.75, 3.05) is 18.4 Å². The van der Waals surface area contributed by atoms with Crippen molar-refractivity contribution in [3.63, 3.8) is 0 Å². The van der Waals surface area contributed by atoms with Crippen LogP contribution in [0.3, 0.4) is 0 Å². The topological polar surface area (TPSA) is 69.8 Å². The number of anilines is 1. The van der Waals surface area contributed by atoms with Crippen LogP contribution in [0.25, 0.3) is 10.9 Å². The summed E-state index contributed by atoms with van der Waals surface area (Å²) in [5, 5.41) is 14.3. The number of aromatic amines is 1. The van der Waals surface area contributed by atoms with Crippen molar-refractivity contribution in [2.24, 2.45) is 0 Å². The van der Waals surface area contributed by atoms with E-state index in [0.717, 1.165) is 47.2 Å². The molecule has 1 amide bonds. The van der Waals surface area contributed by atoms with E-state index in [2.05, 4.69) is 26.9 Å². The lowest BCUT2D eigenvalue weighted by Crippen LogP contribution is -2.17. The summed E-state index contributed by atoms with van der Waals surface area (Å²) in [4.78, 5) is 12.8. The Hall–Kier alpha value is -2.66. The van der Waals surface area contributed by atoms with Crippen molar-refractivity contribution in [3.8, 4) is 0 Å². The summed E-state index contributed by atoms with van der Waals surface area (Å²) in [7, 11) is 0. The Bertz CT molecular complexity index is 849. The lowest BCUT2D eigenvalue weighted by molar-refractivity contribution is 0.102. The van der Waals surface area contributed by atoms with Gasteiger partial charge in [-0.05, 0) is 42.6 Å². The van der Waals surface area contributed by atoms with E-state index < -0.39 is 0 Å². The van der Waals surface area contributed by atoms with Gasteiger partial charge in [0.05, 0.1) is 17.4 Å². The molecule has 1 fully saturated rings. The summed E-state index contributed by atoms with van der Waals surface area (Å²) in [5.74, 6) is 0.336. The molecule has 5 nitrogen and oxygen atoms in total. The van der Waals surface area contributed by atoms with Gasteiger partial charge in [0.2, 0.25) is 0 Å². The molecule has 0 saturated carbocycles. The number of benzene rings is 2. The Labute approximate surface area is 134 Å². The van der Waals surface area contributed by atoms with E-state index in [4.69, 9.17) is 0 Å². The van der Waals surface area contributed by atoms with Gasteiger partial charge in [0, 0.05) is 17.5 Å². The molecule has 1 aliphatic heterocycles. The lowest BCUT2D eigenvalue weighted by Gasteiger charge is -2.15. The van der Waals surface area contributed by atoms with Crippen LogP contribution in [0.15, 0.2) is 48.7 Å². The van der Waals surface area contributed by atoms with Crippen LogP contribution in [0.2, 0.25) is 0 Å². The number of amides is 1. The molecule has 2 heterocycles. The molecule has 0 spiro atoms. The summed E-state index contributed by atoms with van der Waals surface area (Å²) in [6.07, 6.45) is 2.80. The van der Waals surface area contributed by atoms with E-state index in [-0.39, 0.29) is 5.91 Å². The lowest BCUT2D eigenvalue weighted by atomic mass is 9.93. The Morgan fingerprint density at radius 1 is 1.17 bits per heavy atom. The molecule has 23 heavy (non-hydrogen) atoms. The molecular formula is C18H18N4O. The van der Waals surface area contributed by atoms with Gasteiger partial charge in [0.1, 0.15) is 0 Å². The van der Waals surface area contributed by atoms with Crippen molar-refractivity contribution < 1.29 is 4.79 Å². The van der Waals surface area contributed by atoms with Gasteiger partial charge in [0.25, 0.3) is 5.91 Å². The molecule has 116 valence electrons. The van der Waals surface area contributed by atoms with Crippen LogP contribution >= 0.6 is 0 Å². The Balaban J connectivity index is 1.66. The van der Waals surface area contributed by atoms with E-state index in [1.165, 1.54) is 0 Å². The number of H-pyrrole nitrogens is 1. The van der Waals surface area contributed by atoms with E-state index in [1.54, 1.807) is 6.20 Å². The van der Waals surface area contributed by atoms with Crippen molar-refractivity contribution in [1.29, 1.82) is 0 Å². The third kappa shape index (κ3) is 2.59. The fraction of sp³-hybridized carbons (Fsp3) is 0.222. The number of hydrogen-bond donors (Lipinski definition) is 3. The molecule has 2 aromatic carbocycles. The van der Waals surface area contributed by atoms with Crippen LogP contribution in [0.1, 0.15) is 28.3 Å². The zero-order valence-electron chi connectivity index (χ0n) is 12.7. The summed E-state index contributed by atoms with van der Waals surface area (Å²) in [6.45, 7) is 1.94. The first-order chi connectivity index (χ1) is 11.3. The molecule has 5 heteroatoms. The van der Waals surface area contributed by atoms with Gasteiger partial charge in [-0.15, -0.1) is 0 Å². The average Bonchev–Trinajstić information content (AvgIpc) is 3.27. The van der Waals surface area contributed by atoms with Crippen LogP contribution in [-0.2, 0) is 0 Å². The van der Waals surface area contributed by atoms with Gasteiger partial charge in [-0.2, -0.15) is 5.10 Å². The predicted octanol–water partition coefficient (Wildman–Crippen LogP) is 2.89. The van der Waals surface area contributed by atoms with Crippen molar-refractivity contribution in [1.82, 2.24) is 15.5 Å². The highest BCUT2D eigenvalue weighted by molar-refractivity contribution is 6.09. The van der Waals surface area contributed by atoms with E-state index in [0.29, 0.717) is 5.92 Å². The molecule has 0 radical (unpaired) electrons. The zero-order chi connectivity index (χ0) is 15.6. The molecule has 1 unspecified atom stereocenters. The zero-order valence-corrected chi connectivity index (χ0v) is 12.7. The number of fused-ring (bicyclic) bond motifs is 1. The second-order valence-electron chi connectivity index (χ2n) is 5.87. The first-order valence-corrected chi connectivity index (χ1v) is 7.86. The second kappa shape index (κ2) is 5.85. The molecular weight excluding hydrogens is 288 g/mol. The third-order valence-corrected chi connectivity index (χ3v) is 4.44. The number of nitrogens with one attached hydrogen (secondary N) is 3. The van der Waals surface area contributed by atoms with Gasteiger partial charge in [-0.25, -0.2) is 0 Å². The Morgan fingerprint density at radius 2 is 2.09 bits per heavy atom. The third-order valence-electron chi connectivity index (χ3n) is 4.44. The highest BCUT2D eigenvalue weighted by atomic mass is 16.1. The van der Waals surface area contributed by atoms with E-state index >= 15 is 0 Å². The van der Waals surface area contributed by atoms with Crippen LogP contribution < -0.4 is 10.6 Å². The van der Waals surface area contributed by atoms with Crippen LogP contribution in [-0.4, -0.2) is 29.2 Å². The molecule has 0 bridgehead atoms. The minimum Gasteiger partial charge on any atom is -0.321 e. The molecule has 1 atom stereocenters. The van der Waals surface area contributed by atoms with Gasteiger partial charge in [-0.3, -0.25) is 9.89 Å². The van der Waals surface area contributed by atoms with Crippen molar-refractivity contribution in [3.05, 3.63) is 59.8 Å². The fourth-order valence-corrected chi connectivity index (χ4v) is 3.25. The SMILES string of the molecule is O=C(Nc1cccc2[nH]ncc12)c1ccccc1C1CCNC1. The van der Waals surface area contributed by atoms with Crippen LogP contribution in [0.5, 0.6) is 0 Å². The number of nitrogens with zero attached hydrogens (tertiary/aromatic N) is 1. The standard InChI is InChI=1S/C18H18N4O/c23-18(21-16-6-3-7-17-15(16)11-20-22-17)14-5-2-1-4-13(14)12-8-9-19-10-12/h1-7,11-12,19H,8-10H2,(H,20,22)(H,21,23). The molecule has 1 aliphatic rings.